The maximum atomic E-state index is 4.58. The minimum absolute atomic E-state index is 0.174. The Labute approximate surface area is 101 Å². The van der Waals surface area contributed by atoms with E-state index >= 15 is 0 Å². The summed E-state index contributed by atoms with van der Waals surface area (Å²) in [6, 6.07) is 0. The van der Waals surface area contributed by atoms with Crippen LogP contribution in [0.3, 0.4) is 0 Å². The molecule has 1 saturated heterocycles. The van der Waals surface area contributed by atoms with Crippen LogP contribution in [0.1, 0.15) is 25.1 Å². The van der Waals surface area contributed by atoms with Gasteiger partial charge in [-0.15, -0.1) is 0 Å². The van der Waals surface area contributed by atoms with Gasteiger partial charge in [0, 0.05) is 29.6 Å². The molecule has 0 radical (unpaired) electrons. The van der Waals surface area contributed by atoms with E-state index < -0.39 is 0 Å². The molecule has 16 heavy (non-hydrogen) atoms. The van der Waals surface area contributed by atoms with Crippen LogP contribution in [-0.4, -0.2) is 26.2 Å². The van der Waals surface area contributed by atoms with Crippen LogP contribution in [0, 0.1) is 6.92 Å². The first-order valence-electron chi connectivity index (χ1n) is 5.41. The first-order chi connectivity index (χ1) is 7.48. The third kappa shape index (κ3) is 2.40. The highest BCUT2D eigenvalue weighted by molar-refractivity contribution is 8.14. The Morgan fingerprint density at radius 1 is 1.62 bits per heavy atom. The third-order valence-corrected chi connectivity index (χ3v) is 4.12. The van der Waals surface area contributed by atoms with Crippen molar-refractivity contribution in [2.75, 3.05) is 5.75 Å². The van der Waals surface area contributed by atoms with Crippen molar-refractivity contribution >= 4 is 16.9 Å². The van der Waals surface area contributed by atoms with Crippen molar-refractivity contribution in [1.82, 2.24) is 15.1 Å². The molecule has 1 aromatic rings. The lowest BCUT2D eigenvalue weighted by atomic mass is 10.1. The summed E-state index contributed by atoms with van der Waals surface area (Å²) in [5.41, 5.74) is 2.56. The van der Waals surface area contributed by atoms with Gasteiger partial charge in [-0.1, -0.05) is 11.8 Å². The summed E-state index contributed by atoms with van der Waals surface area (Å²) in [7, 11) is 1.96. The number of hydrogen-bond donors (Lipinski definition) is 1. The number of rotatable bonds is 2. The molecule has 4 nitrogen and oxygen atoms in total. The van der Waals surface area contributed by atoms with Gasteiger partial charge in [0.15, 0.2) is 5.17 Å². The van der Waals surface area contributed by atoms with Crippen LogP contribution in [0.4, 0.5) is 0 Å². The Hall–Kier alpha value is -0.970. The first-order valence-corrected chi connectivity index (χ1v) is 6.39. The molecular weight excluding hydrogens is 220 g/mol. The van der Waals surface area contributed by atoms with Crippen LogP contribution >= 0.6 is 11.8 Å². The second kappa shape index (κ2) is 4.13. The molecule has 1 aromatic heterocycles. The Kier molecular flexibility index (Phi) is 2.97. The maximum Gasteiger partial charge on any atom is 0.157 e. The molecule has 0 aliphatic carbocycles. The van der Waals surface area contributed by atoms with Gasteiger partial charge in [-0.05, 0) is 20.8 Å². The molecule has 0 amide bonds. The smallest absolute Gasteiger partial charge is 0.157 e. The highest BCUT2D eigenvalue weighted by atomic mass is 32.2. The van der Waals surface area contributed by atoms with Crippen LogP contribution in [-0.2, 0) is 13.6 Å². The Morgan fingerprint density at radius 3 is 2.88 bits per heavy atom. The van der Waals surface area contributed by atoms with Crippen LogP contribution in [0.15, 0.2) is 11.2 Å². The molecule has 1 N–H and O–H groups in total. The molecule has 0 aromatic carbocycles. The van der Waals surface area contributed by atoms with Gasteiger partial charge >= 0.3 is 0 Å². The molecule has 0 bridgehead atoms. The SMILES string of the molecule is Cc1c(CN=C2NC(C)(C)CS2)cnn1C. The molecule has 5 heteroatoms. The summed E-state index contributed by atoms with van der Waals surface area (Å²) >= 11 is 1.79. The number of aryl methyl sites for hydroxylation is 1. The molecular formula is C11H18N4S. The fraction of sp³-hybridized carbons (Fsp3) is 0.636. The summed E-state index contributed by atoms with van der Waals surface area (Å²) in [5.74, 6) is 1.08. The second-order valence-corrected chi connectivity index (χ2v) is 5.76. The van der Waals surface area contributed by atoms with Crippen molar-refractivity contribution in [2.45, 2.75) is 32.9 Å². The van der Waals surface area contributed by atoms with Gasteiger partial charge in [0.2, 0.25) is 0 Å². The second-order valence-electron chi connectivity index (χ2n) is 4.80. The van der Waals surface area contributed by atoms with Crippen molar-refractivity contribution in [3.8, 4) is 0 Å². The van der Waals surface area contributed by atoms with Crippen molar-refractivity contribution < 1.29 is 0 Å². The van der Waals surface area contributed by atoms with Crippen molar-refractivity contribution in [3.63, 3.8) is 0 Å². The molecule has 0 unspecified atom stereocenters. The zero-order valence-corrected chi connectivity index (χ0v) is 11.1. The van der Waals surface area contributed by atoms with E-state index in [0.717, 1.165) is 10.9 Å². The predicted molar refractivity (Wildman–Crippen MR) is 68.8 cm³/mol. The summed E-state index contributed by atoms with van der Waals surface area (Å²) < 4.78 is 1.88. The molecule has 0 spiro atoms. The molecule has 1 aliphatic rings. The topological polar surface area (TPSA) is 42.2 Å². The average molecular weight is 238 g/mol. The molecule has 0 atom stereocenters. The Balaban J connectivity index is 2.02. The zero-order chi connectivity index (χ0) is 11.8. The minimum atomic E-state index is 0.174. The van der Waals surface area contributed by atoms with Crippen LogP contribution < -0.4 is 5.32 Å². The van der Waals surface area contributed by atoms with E-state index in [2.05, 4.69) is 36.2 Å². The number of nitrogens with one attached hydrogen (secondary N) is 1. The Bertz CT molecular complexity index is 420. The van der Waals surface area contributed by atoms with E-state index in [1.54, 1.807) is 11.8 Å². The molecule has 2 heterocycles. The van der Waals surface area contributed by atoms with Crippen molar-refractivity contribution in [1.29, 1.82) is 0 Å². The lowest BCUT2D eigenvalue weighted by Gasteiger charge is -2.15. The lowest BCUT2D eigenvalue weighted by molar-refractivity contribution is 0.536. The third-order valence-electron chi connectivity index (χ3n) is 2.74. The fourth-order valence-corrected chi connectivity index (χ4v) is 2.63. The van der Waals surface area contributed by atoms with E-state index in [1.165, 1.54) is 11.3 Å². The van der Waals surface area contributed by atoms with E-state index in [0.29, 0.717) is 6.54 Å². The largest absolute Gasteiger partial charge is 0.359 e. The summed E-state index contributed by atoms with van der Waals surface area (Å²) in [6.07, 6.45) is 1.89. The van der Waals surface area contributed by atoms with E-state index in [9.17, 15) is 0 Å². The van der Waals surface area contributed by atoms with Crippen molar-refractivity contribution in [2.24, 2.45) is 12.0 Å². The molecule has 0 saturated carbocycles. The Morgan fingerprint density at radius 2 is 2.38 bits per heavy atom. The summed E-state index contributed by atoms with van der Waals surface area (Å²) in [4.78, 5) is 4.58. The standard InChI is InChI=1S/C11H18N4S/c1-8-9(6-13-15(8)4)5-12-10-14-11(2,3)7-16-10/h6H,5,7H2,1-4H3,(H,12,14). The maximum absolute atomic E-state index is 4.58. The highest BCUT2D eigenvalue weighted by Crippen LogP contribution is 2.22. The van der Waals surface area contributed by atoms with E-state index in [-0.39, 0.29) is 5.54 Å². The van der Waals surface area contributed by atoms with Crippen LogP contribution in [0.2, 0.25) is 0 Å². The number of hydrogen-bond acceptors (Lipinski definition) is 3. The van der Waals surface area contributed by atoms with Gasteiger partial charge in [-0.2, -0.15) is 5.10 Å². The number of nitrogens with zero attached hydrogens (tertiary/aromatic N) is 3. The molecule has 1 fully saturated rings. The van der Waals surface area contributed by atoms with Gasteiger partial charge in [0.05, 0.1) is 12.7 Å². The average Bonchev–Trinajstić information content (AvgIpc) is 2.70. The first kappa shape index (κ1) is 11.5. The molecule has 1 aliphatic heterocycles. The summed E-state index contributed by atoms with van der Waals surface area (Å²) in [5, 5.41) is 8.67. The van der Waals surface area contributed by atoms with Gasteiger partial charge < -0.3 is 5.32 Å². The monoisotopic (exact) mass is 238 g/mol. The quantitative estimate of drug-likeness (QED) is 0.852. The number of thioether (sulfide) groups is 1. The van der Waals surface area contributed by atoms with Crippen LogP contribution in [0.25, 0.3) is 0 Å². The molecule has 2 rings (SSSR count). The number of aliphatic imine (C=N–C) groups is 1. The normalized spacial score (nSPS) is 21.4. The number of amidine groups is 1. The van der Waals surface area contributed by atoms with E-state index in [1.807, 2.05) is 17.9 Å². The summed E-state index contributed by atoms with van der Waals surface area (Å²) in [6.45, 7) is 7.17. The molecule has 88 valence electrons. The number of aromatic nitrogens is 2. The van der Waals surface area contributed by atoms with Gasteiger partial charge in [-0.3, -0.25) is 9.67 Å². The predicted octanol–water partition coefficient (Wildman–Crippen LogP) is 1.70. The van der Waals surface area contributed by atoms with Crippen molar-refractivity contribution in [3.05, 3.63) is 17.5 Å². The van der Waals surface area contributed by atoms with Gasteiger partial charge in [0.1, 0.15) is 0 Å². The zero-order valence-electron chi connectivity index (χ0n) is 10.2. The van der Waals surface area contributed by atoms with Gasteiger partial charge in [-0.25, -0.2) is 0 Å². The van der Waals surface area contributed by atoms with E-state index in [4.69, 9.17) is 0 Å². The lowest BCUT2D eigenvalue weighted by Crippen LogP contribution is -2.36. The van der Waals surface area contributed by atoms with Gasteiger partial charge in [0.25, 0.3) is 0 Å². The fourth-order valence-electron chi connectivity index (χ4n) is 1.55. The van der Waals surface area contributed by atoms with Crippen LogP contribution in [0.5, 0.6) is 0 Å². The minimum Gasteiger partial charge on any atom is -0.359 e. The highest BCUT2D eigenvalue weighted by Gasteiger charge is 2.27.